The second kappa shape index (κ2) is 13.1. The van der Waals surface area contributed by atoms with Gasteiger partial charge in [-0.05, 0) is 129 Å². The molecule has 1 spiro atoms. The Morgan fingerprint density at radius 1 is 0.458 bits per heavy atom. The second-order valence-corrected chi connectivity index (χ2v) is 16.0. The molecule has 0 fully saturated rings. The van der Waals surface area contributed by atoms with Gasteiger partial charge in [-0.25, -0.2) is 0 Å². The average Bonchev–Trinajstić information content (AvgIpc) is 3.75. The Hall–Kier alpha value is -7.36. The van der Waals surface area contributed by atoms with Crippen molar-refractivity contribution in [2.45, 2.75) is 24.7 Å². The molecule has 1 aliphatic heterocycles. The van der Waals surface area contributed by atoms with Crippen molar-refractivity contribution < 1.29 is 9.47 Å². The predicted octanol–water partition coefficient (Wildman–Crippen LogP) is 15.0. The van der Waals surface area contributed by atoms with Crippen molar-refractivity contribution >= 4 is 17.1 Å². The second-order valence-electron chi connectivity index (χ2n) is 16.0. The Morgan fingerprint density at radius 2 is 1.05 bits per heavy atom. The van der Waals surface area contributed by atoms with Gasteiger partial charge < -0.3 is 14.4 Å². The van der Waals surface area contributed by atoms with E-state index in [-0.39, 0.29) is 0 Å². The lowest BCUT2D eigenvalue weighted by Crippen LogP contribution is -2.25. The molecule has 280 valence electrons. The molecule has 3 heteroatoms. The van der Waals surface area contributed by atoms with Crippen molar-refractivity contribution in [2.24, 2.45) is 0 Å². The fraction of sp³-hybridized carbons (Fsp3) is 0.0714. The minimum Gasteiger partial charge on any atom is -0.449 e. The molecule has 0 aromatic heterocycles. The molecule has 1 unspecified atom stereocenters. The molecule has 8 aromatic carbocycles. The van der Waals surface area contributed by atoms with Gasteiger partial charge in [0.1, 0.15) is 0 Å². The van der Waals surface area contributed by atoms with Gasteiger partial charge in [0, 0.05) is 23.4 Å². The molecule has 3 aliphatic carbocycles. The van der Waals surface area contributed by atoms with Gasteiger partial charge in [-0.2, -0.15) is 0 Å². The minimum atomic E-state index is -0.449. The number of allylic oxidation sites excluding steroid dienone is 4. The van der Waals surface area contributed by atoms with Gasteiger partial charge in [0.25, 0.3) is 0 Å². The lowest BCUT2D eigenvalue weighted by Gasteiger charge is -2.31. The number of hydrogen-bond donors (Lipinski definition) is 0. The van der Waals surface area contributed by atoms with Crippen LogP contribution in [0.15, 0.2) is 200 Å². The molecule has 3 nitrogen and oxygen atoms in total. The van der Waals surface area contributed by atoms with Crippen LogP contribution in [0, 0.1) is 6.92 Å². The number of anilines is 3. The van der Waals surface area contributed by atoms with E-state index in [1.165, 1.54) is 66.8 Å². The zero-order valence-corrected chi connectivity index (χ0v) is 32.6. The van der Waals surface area contributed by atoms with Crippen LogP contribution in [-0.4, -0.2) is 0 Å². The average molecular weight is 758 g/mol. The van der Waals surface area contributed by atoms with Crippen molar-refractivity contribution in [1.29, 1.82) is 0 Å². The quantitative estimate of drug-likeness (QED) is 0.175. The first-order valence-corrected chi connectivity index (χ1v) is 20.5. The number of aryl methyl sites for hydroxylation is 1. The number of rotatable bonds is 5. The third-order valence-corrected chi connectivity index (χ3v) is 12.8. The summed E-state index contributed by atoms with van der Waals surface area (Å²) in [4.78, 5) is 2.32. The molecule has 4 aliphatic rings. The summed E-state index contributed by atoms with van der Waals surface area (Å²) in [6.45, 7) is 2.17. The third-order valence-electron chi connectivity index (χ3n) is 12.8. The SMILES string of the molecule is Cc1ccccc1-c1ccc(N(c2cccc(C3C=CC=CC3)c2)c2ccc3c(c2)Oc2cc4c(cc2O3)C2(c3ccccc3-c3ccccc32)c2ccccc2-4)cc1. The molecular formula is C56H39NO2. The highest BCUT2D eigenvalue weighted by atomic mass is 16.6. The Kier molecular flexibility index (Phi) is 7.49. The van der Waals surface area contributed by atoms with E-state index in [0.717, 1.165) is 29.2 Å². The van der Waals surface area contributed by atoms with Crippen LogP contribution < -0.4 is 14.4 Å². The van der Waals surface area contributed by atoms with Crippen molar-refractivity contribution in [2.75, 3.05) is 4.90 Å². The maximum atomic E-state index is 6.91. The van der Waals surface area contributed by atoms with Crippen LogP contribution in [0.2, 0.25) is 0 Å². The van der Waals surface area contributed by atoms with Crippen LogP contribution in [0.5, 0.6) is 23.0 Å². The summed E-state index contributed by atoms with van der Waals surface area (Å²) in [5.41, 5.74) is 17.8. The summed E-state index contributed by atoms with van der Waals surface area (Å²) in [6.07, 6.45) is 9.82. The van der Waals surface area contributed by atoms with Crippen molar-refractivity contribution in [3.05, 3.63) is 234 Å². The van der Waals surface area contributed by atoms with Gasteiger partial charge in [-0.1, -0.05) is 146 Å². The molecule has 0 amide bonds. The van der Waals surface area contributed by atoms with E-state index in [2.05, 4.69) is 212 Å². The number of hydrogen-bond acceptors (Lipinski definition) is 3. The molecule has 59 heavy (non-hydrogen) atoms. The van der Waals surface area contributed by atoms with Crippen molar-refractivity contribution in [3.8, 4) is 56.4 Å². The van der Waals surface area contributed by atoms with Gasteiger partial charge in [0.15, 0.2) is 23.0 Å². The summed E-state index contributed by atoms with van der Waals surface area (Å²) >= 11 is 0. The van der Waals surface area contributed by atoms with Crippen LogP contribution in [0.4, 0.5) is 17.1 Å². The van der Waals surface area contributed by atoms with Gasteiger partial charge >= 0.3 is 0 Å². The highest BCUT2D eigenvalue weighted by Crippen LogP contribution is 2.64. The van der Waals surface area contributed by atoms with E-state index in [0.29, 0.717) is 23.2 Å². The molecule has 12 rings (SSSR count). The Labute approximate surface area is 344 Å². The van der Waals surface area contributed by atoms with Gasteiger partial charge in [-0.15, -0.1) is 0 Å². The van der Waals surface area contributed by atoms with E-state index in [1.54, 1.807) is 0 Å². The van der Waals surface area contributed by atoms with Crippen LogP contribution in [0.25, 0.3) is 33.4 Å². The highest BCUT2D eigenvalue weighted by Gasteiger charge is 2.52. The van der Waals surface area contributed by atoms with E-state index in [4.69, 9.17) is 9.47 Å². The molecular weight excluding hydrogens is 719 g/mol. The predicted molar refractivity (Wildman–Crippen MR) is 240 cm³/mol. The van der Waals surface area contributed by atoms with E-state index in [1.807, 2.05) is 0 Å². The Morgan fingerprint density at radius 3 is 1.75 bits per heavy atom. The third kappa shape index (κ3) is 5.08. The first-order chi connectivity index (χ1) is 29.1. The van der Waals surface area contributed by atoms with Crippen molar-refractivity contribution in [1.82, 2.24) is 0 Å². The molecule has 0 saturated carbocycles. The van der Waals surface area contributed by atoms with Crippen LogP contribution in [0.1, 0.15) is 45.7 Å². The zero-order chi connectivity index (χ0) is 39.1. The molecule has 1 heterocycles. The topological polar surface area (TPSA) is 21.7 Å². The number of nitrogens with zero attached hydrogens (tertiary/aromatic N) is 1. The summed E-state index contributed by atoms with van der Waals surface area (Å²) < 4.78 is 13.8. The first-order valence-electron chi connectivity index (χ1n) is 20.5. The summed E-state index contributed by atoms with van der Waals surface area (Å²) in [5, 5.41) is 0. The number of ether oxygens (including phenoxy) is 2. The van der Waals surface area contributed by atoms with E-state index in [9.17, 15) is 0 Å². The van der Waals surface area contributed by atoms with Crippen LogP contribution in [-0.2, 0) is 5.41 Å². The number of benzene rings is 8. The largest absolute Gasteiger partial charge is 0.449 e. The fourth-order valence-electron chi connectivity index (χ4n) is 10.2. The maximum Gasteiger partial charge on any atom is 0.172 e. The standard InChI is InChI=1S/C56H39NO2/c1-36-14-5-6-19-43(36)38-26-28-40(29-27-38)57(41-18-13-17-39(32-41)37-15-3-2-4-16-37)42-30-31-52-53(33-42)59-54-34-47-46-22-9-12-25-50(46)56(51(47)35-55(54)58-52)48-23-10-7-20-44(48)45-21-8-11-24-49(45)56/h2-15,17-35,37H,16H2,1H3. The molecule has 0 saturated heterocycles. The normalized spacial score (nSPS) is 15.6. The highest BCUT2D eigenvalue weighted by molar-refractivity contribution is 5.96. The minimum absolute atomic E-state index is 0.333. The smallest absolute Gasteiger partial charge is 0.172 e. The van der Waals surface area contributed by atoms with Gasteiger partial charge in [-0.3, -0.25) is 0 Å². The summed E-state index contributed by atoms with van der Waals surface area (Å²) in [5.74, 6) is 3.16. The molecule has 0 N–H and O–H groups in total. The lowest BCUT2D eigenvalue weighted by atomic mass is 9.70. The molecule has 0 bridgehead atoms. The fourth-order valence-corrected chi connectivity index (χ4v) is 10.2. The summed E-state index contributed by atoms with van der Waals surface area (Å²) in [6, 6.07) is 63.8. The monoisotopic (exact) mass is 757 g/mol. The van der Waals surface area contributed by atoms with Gasteiger partial charge in [0.05, 0.1) is 11.1 Å². The van der Waals surface area contributed by atoms with E-state index >= 15 is 0 Å². The maximum absolute atomic E-state index is 6.91. The molecule has 0 radical (unpaired) electrons. The summed E-state index contributed by atoms with van der Waals surface area (Å²) in [7, 11) is 0. The Balaban J connectivity index is 0.967. The zero-order valence-electron chi connectivity index (χ0n) is 32.6. The lowest BCUT2D eigenvalue weighted by molar-refractivity contribution is 0.359. The van der Waals surface area contributed by atoms with Crippen LogP contribution in [0.3, 0.4) is 0 Å². The van der Waals surface area contributed by atoms with Crippen LogP contribution >= 0.6 is 0 Å². The number of fused-ring (bicyclic) bond motifs is 12. The van der Waals surface area contributed by atoms with E-state index < -0.39 is 5.41 Å². The molecule has 1 atom stereocenters. The van der Waals surface area contributed by atoms with Crippen molar-refractivity contribution in [3.63, 3.8) is 0 Å². The first kappa shape index (κ1) is 33.7. The Bertz CT molecular complexity index is 3020. The molecule has 8 aromatic rings. The van der Waals surface area contributed by atoms with Gasteiger partial charge in [0.2, 0.25) is 0 Å².